The first-order valence-electron chi connectivity index (χ1n) is 10.4. The number of nitrogens with zero attached hydrogens (tertiary/aromatic N) is 2. The Morgan fingerprint density at radius 3 is 2.26 bits per heavy atom. The van der Waals surface area contributed by atoms with Gasteiger partial charge in [-0.1, -0.05) is 42.0 Å². The first kappa shape index (κ1) is 24.7. The van der Waals surface area contributed by atoms with Crippen molar-refractivity contribution < 1.29 is 22.9 Å². The van der Waals surface area contributed by atoms with Gasteiger partial charge in [0.05, 0.1) is 16.9 Å². The zero-order valence-corrected chi connectivity index (χ0v) is 19.8. The molecule has 0 heterocycles. The van der Waals surface area contributed by atoms with Gasteiger partial charge in [0.15, 0.2) is 0 Å². The summed E-state index contributed by atoms with van der Waals surface area (Å²) in [4.78, 5) is 23.9. The van der Waals surface area contributed by atoms with E-state index < -0.39 is 27.4 Å². The molecule has 34 heavy (non-hydrogen) atoms. The number of benzene rings is 3. The molecule has 0 radical (unpaired) electrons. The van der Waals surface area contributed by atoms with Gasteiger partial charge in [-0.2, -0.15) is 0 Å². The van der Waals surface area contributed by atoms with Crippen LogP contribution in [0.15, 0.2) is 71.6 Å². The number of anilines is 1. The number of methoxy groups -OCH3 is 1. The molecule has 0 fully saturated rings. The zero-order valence-electron chi connectivity index (χ0n) is 19.0. The normalized spacial score (nSPS) is 11.0. The molecule has 178 valence electrons. The summed E-state index contributed by atoms with van der Waals surface area (Å²) in [5.74, 6) is 0.0551. The minimum atomic E-state index is -4.28. The summed E-state index contributed by atoms with van der Waals surface area (Å²) in [6.45, 7) is 2.85. The minimum Gasteiger partial charge on any atom is -0.497 e. The molecule has 0 aliphatic heterocycles. The van der Waals surface area contributed by atoms with E-state index in [-0.39, 0.29) is 28.4 Å². The number of hydrogen-bond acceptors (Lipinski definition) is 6. The van der Waals surface area contributed by atoms with Crippen LogP contribution in [0.2, 0.25) is 0 Å². The number of carbonyl (C=O) groups excluding carboxylic acids is 1. The molecule has 0 atom stereocenters. The summed E-state index contributed by atoms with van der Waals surface area (Å²) in [7, 11) is -2.73. The molecule has 0 bridgehead atoms. The summed E-state index contributed by atoms with van der Waals surface area (Å²) in [6.07, 6.45) is 0. The van der Waals surface area contributed by atoms with Crippen molar-refractivity contribution in [2.24, 2.45) is 0 Å². The molecule has 0 unspecified atom stereocenters. The van der Waals surface area contributed by atoms with E-state index in [1.54, 1.807) is 43.5 Å². The first-order valence-corrected chi connectivity index (χ1v) is 11.8. The molecular weight excluding hydrogens is 458 g/mol. The Labute approximate surface area is 198 Å². The van der Waals surface area contributed by atoms with Gasteiger partial charge in [-0.3, -0.25) is 14.9 Å². The van der Waals surface area contributed by atoms with Crippen molar-refractivity contribution in [3.63, 3.8) is 0 Å². The number of ether oxygens (including phenoxy) is 1. The van der Waals surface area contributed by atoms with Gasteiger partial charge in [0.2, 0.25) is 5.91 Å². The summed E-state index contributed by atoms with van der Waals surface area (Å²) in [5.41, 5.74) is 1.37. The van der Waals surface area contributed by atoms with Crippen LogP contribution >= 0.6 is 0 Å². The van der Waals surface area contributed by atoms with E-state index in [1.165, 1.54) is 37.3 Å². The summed E-state index contributed by atoms with van der Waals surface area (Å²) < 4.78 is 32.9. The van der Waals surface area contributed by atoms with E-state index >= 15 is 0 Å². The van der Waals surface area contributed by atoms with Gasteiger partial charge in [0.1, 0.15) is 18.0 Å². The number of carbonyl (C=O) groups is 1. The van der Waals surface area contributed by atoms with Gasteiger partial charge < -0.3 is 10.1 Å². The van der Waals surface area contributed by atoms with E-state index in [9.17, 15) is 23.3 Å². The minimum absolute atomic E-state index is 0.0724. The lowest BCUT2D eigenvalue weighted by Crippen LogP contribution is -2.41. The highest BCUT2D eigenvalue weighted by molar-refractivity contribution is 7.92. The van der Waals surface area contributed by atoms with Gasteiger partial charge in [-0.15, -0.1) is 0 Å². The first-order chi connectivity index (χ1) is 16.1. The van der Waals surface area contributed by atoms with E-state index in [0.29, 0.717) is 5.75 Å². The van der Waals surface area contributed by atoms with E-state index in [1.807, 2.05) is 6.92 Å². The van der Waals surface area contributed by atoms with Crippen molar-refractivity contribution in [2.75, 3.05) is 18.0 Å². The average molecular weight is 484 g/mol. The van der Waals surface area contributed by atoms with Crippen LogP contribution in [-0.2, 0) is 21.4 Å². The van der Waals surface area contributed by atoms with Crippen LogP contribution in [0.4, 0.5) is 11.4 Å². The van der Waals surface area contributed by atoms with Crippen LogP contribution in [0, 0.1) is 24.0 Å². The van der Waals surface area contributed by atoms with E-state index in [4.69, 9.17) is 4.74 Å². The quantitative estimate of drug-likeness (QED) is 0.366. The number of nitro benzene ring substituents is 1. The standard InChI is InChI=1S/C24H25N3O6S/c1-17-7-13-21(14-8-17)34(31,32)26(22-6-4-5-18(2)24(22)27(29)30)16-23(28)25-15-19-9-11-20(33-3)12-10-19/h4-14H,15-16H2,1-3H3,(H,25,28). The molecule has 0 aliphatic carbocycles. The number of rotatable bonds is 9. The summed E-state index contributed by atoms with van der Waals surface area (Å²) in [5, 5.41) is 14.5. The maximum atomic E-state index is 13.5. The predicted molar refractivity (Wildman–Crippen MR) is 128 cm³/mol. The third-order valence-electron chi connectivity index (χ3n) is 5.21. The topological polar surface area (TPSA) is 119 Å². The number of aryl methyl sites for hydroxylation is 2. The van der Waals surface area contributed by atoms with Crippen molar-refractivity contribution >= 4 is 27.3 Å². The molecule has 0 saturated carbocycles. The Balaban J connectivity index is 1.95. The SMILES string of the molecule is COc1ccc(CNC(=O)CN(c2cccc(C)c2[N+](=O)[O-])S(=O)(=O)c2ccc(C)cc2)cc1. The van der Waals surface area contributed by atoms with Gasteiger partial charge in [0.25, 0.3) is 15.7 Å². The maximum Gasteiger partial charge on any atom is 0.296 e. The second-order valence-electron chi connectivity index (χ2n) is 7.65. The van der Waals surface area contributed by atoms with Crippen molar-refractivity contribution in [3.8, 4) is 5.75 Å². The number of nitro groups is 1. The van der Waals surface area contributed by atoms with Gasteiger partial charge >= 0.3 is 0 Å². The third kappa shape index (κ3) is 5.52. The van der Waals surface area contributed by atoms with Gasteiger partial charge in [-0.05, 0) is 49.7 Å². The molecule has 1 amide bonds. The zero-order chi connectivity index (χ0) is 24.9. The van der Waals surface area contributed by atoms with E-state index in [2.05, 4.69) is 5.32 Å². The van der Waals surface area contributed by atoms with Gasteiger partial charge in [-0.25, -0.2) is 12.7 Å². The molecule has 3 rings (SSSR count). The van der Waals surface area contributed by atoms with Crippen molar-refractivity contribution in [3.05, 3.63) is 93.5 Å². The van der Waals surface area contributed by atoms with Gasteiger partial charge in [0, 0.05) is 12.1 Å². The lowest BCUT2D eigenvalue weighted by Gasteiger charge is -2.24. The molecule has 0 spiro atoms. The molecule has 10 heteroatoms. The fourth-order valence-electron chi connectivity index (χ4n) is 3.35. The van der Waals surface area contributed by atoms with Crippen LogP contribution in [0.25, 0.3) is 0 Å². The number of nitrogens with one attached hydrogen (secondary N) is 1. The third-order valence-corrected chi connectivity index (χ3v) is 6.99. The monoisotopic (exact) mass is 483 g/mol. The second kappa shape index (κ2) is 10.3. The average Bonchev–Trinajstić information content (AvgIpc) is 2.81. The smallest absolute Gasteiger partial charge is 0.296 e. The predicted octanol–water partition coefficient (Wildman–Crippen LogP) is 3.73. The number of para-hydroxylation sites is 1. The summed E-state index contributed by atoms with van der Waals surface area (Å²) >= 11 is 0. The Bertz CT molecular complexity index is 1290. The highest BCUT2D eigenvalue weighted by Gasteiger charge is 2.33. The molecule has 0 aromatic heterocycles. The van der Waals surface area contributed by atoms with Crippen molar-refractivity contribution in [1.29, 1.82) is 0 Å². The summed E-state index contributed by atoms with van der Waals surface area (Å²) in [6, 6.07) is 17.5. The maximum absolute atomic E-state index is 13.5. The van der Waals surface area contributed by atoms with Crippen LogP contribution in [0.3, 0.4) is 0 Å². The van der Waals surface area contributed by atoms with Crippen LogP contribution in [0.1, 0.15) is 16.7 Å². The largest absolute Gasteiger partial charge is 0.497 e. The molecule has 1 N–H and O–H groups in total. The molecule has 3 aromatic carbocycles. The highest BCUT2D eigenvalue weighted by Crippen LogP contribution is 2.34. The Morgan fingerprint density at radius 1 is 1.03 bits per heavy atom. The molecular formula is C24H25N3O6S. The van der Waals surface area contributed by atoms with Crippen LogP contribution in [-0.4, -0.2) is 32.9 Å². The van der Waals surface area contributed by atoms with Crippen molar-refractivity contribution in [1.82, 2.24) is 5.32 Å². The lowest BCUT2D eigenvalue weighted by atomic mass is 10.1. The lowest BCUT2D eigenvalue weighted by molar-refractivity contribution is -0.384. The van der Waals surface area contributed by atoms with E-state index in [0.717, 1.165) is 15.4 Å². The van der Waals surface area contributed by atoms with Crippen molar-refractivity contribution in [2.45, 2.75) is 25.3 Å². The Kier molecular flexibility index (Phi) is 7.52. The Hall–Kier alpha value is -3.92. The number of sulfonamides is 1. The second-order valence-corrected chi connectivity index (χ2v) is 9.51. The molecule has 0 saturated heterocycles. The Morgan fingerprint density at radius 2 is 1.68 bits per heavy atom. The molecule has 3 aromatic rings. The van der Waals surface area contributed by atoms with Crippen LogP contribution < -0.4 is 14.4 Å². The fraction of sp³-hybridized carbons (Fsp3) is 0.208. The number of amides is 1. The number of hydrogen-bond donors (Lipinski definition) is 1. The molecule has 9 nitrogen and oxygen atoms in total. The fourth-order valence-corrected chi connectivity index (χ4v) is 4.78. The molecule has 0 aliphatic rings. The van der Waals surface area contributed by atoms with Crippen LogP contribution in [0.5, 0.6) is 5.75 Å². The highest BCUT2D eigenvalue weighted by atomic mass is 32.2.